The van der Waals surface area contributed by atoms with Crippen LogP contribution in [-0.4, -0.2) is 49.5 Å². The van der Waals surface area contributed by atoms with Gasteiger partial charge in [0.2, 0.25) is 0 Å². The zero-order valence-electron chi connectivity index (χ0n) is 12.8. The summed E-state index contributed by atoms with van der Waals surface area (Å²) >= 11 is 0. The predicted molar refractivity (Wildman–Crippen MR) is 84.6 cm³/mol. The Kier molecular flexibility index (Phi) is 4.82. The van der Waals surface area contributed by atoms with Gasteiger partial charge in [0.15, 0.2) is 0 Å². The molecule has 0 spiro atoms. The van der Waals surface area contributed by atoms with Crippen molar-refractivity contribution in [2.45, 2.75) is 12.2 Å². The number of hydrogen-bond acceptors (Lipinski definition) is 3. The van der Waals surface area contributed by atoms with Crippen molar-refractivity contribution in [3.63, 3.8) is 0 Å². The van der Waals surface area contributed by atoms with Crippen LogP contribution in [0.4, 0.5) is 13.2 Å². The van der Waals surface area contributed by atoms with Crippen LogP contribution in [0.2, 0.25) is 0 Å². The van der Waals surface area contributed by atoms with Crippen molar-refractivity contribution in [2.24, 2.45) is 10.9 Å². The van der Waals surface area contributed by atoms with Crippen LogP contribution in [0.25, 0.3) is 0 Å². The van der Waals surface area contributed by atoms with Crippen molar-refractivity contribution in [3.05, 3.63) is 48.0 Å². The molecule has 3 nitrogen and oxygen atoms in total. The van der Waals surface area contributed by atoms with Crippen LogP contribution < -0.4 is 5.32 Å². The molecule has 0 radical (unpaired) electrons. The quantitative estimate of drug-likeness (QED) is 0.926. The number of hydrogen-bond donors (Lipinski definition) is 1. The molecule has 1 saturated heterocycles. The zero-order chi connectivity index (χ0) is 16.3. The highest BCUT2D eigenvalue weighted by Gasteiger charge is 2.35. The standard InChI is InChI=1S/C17H20F3N3/c18-17(19,20)16-7-6-13(10-22-16)12-23-9-8-21-11-15(23)14-4-2-1-3-5-14/h1-7,13,15,21H,8-12H2. The highest BCUT2D eigenvalue weighted by molar-refractivity contribution is 5.99. The molecular weight excluding hydrogens is 303 g/mol. The van der Waals surface area contributed by atoms with Crippen LogP contribution in [0.1, 0.15) is 11.6 Å². The third-order valence-electron chi connectivity index (χ3n) is 4.32. The van der Waals surface area contributed by atoms with E-state index in [1.54, 1.807) is 6.08 Å². The number of alkyl halides is 3. The van der Waals surface area contributed by atoms with E-state index >= 15 is 0 Å². The average Bonchev–Trinajstić information content (AvgIpc) is 2.56. The summed E-state index contributed by atoms with van der Waals surface area (Å²) in [7, 11) is 0. The molecule has 2 unspecified atom stereocenters. The lowest BCUT2D eigenvalue weighted by Crippen LogP contribution is -2.48. The van der Waals surface area contributed by atoms with Crippen LogP contribution in [0, 0.1) is 5.92 Å². The van der Waals surface area contributed by atoms with Gasteiger partial charge in [-0.15, -0.1) is 0 Å². The van der Waals surface area contributed by atoms with Gasteiger partial charge in [-0.2, -0.15) is 13.2 Å². The first-order valence-corrected chi connectivity index (χ1v) is 7.83. The smallest absolute Gasteiger partial charge is 0.314 e. The minimum Gasteiger partial charge on any atom is -0.314 e. The van der Waals surface area contributed by atoms with Gasteiger partial charge < -0.3 is 5.32 Å². The van der Waals surface area contributed by atoms with Gasteiger partial charge in [0.05, 0.1) is 0 Å². The van der Waals surface area contributed by atoms with Crippen LogP contribution in [0.5, 0.6) is 0 Å². The first kappa shape index (κ1) is 16.2. The van der Waals surface area contributed by atoms with Gasteiger partial charge in [0, 0.05) is 44.7 Å². The molecule has 1 aromatic rings. The molecule has 2 aliphatic heterocycles. The molecule has 1 N–H and O–H groups in total. The SMILES string of the molecule is FC(F)(F)C1=NCC(CN2CCNCC2c2ccccc2)C=C1. The highest BCUT2D eigenvalue weighted by atomic mass is 19.4. The number of rotatable bonds is 3. The molecule has 0 aliphatic carbocycles. The summed E-state index contributed by atoms with van der Waals surface area (Å²) in [5.41, 5.74) is 0.465. The lowest BCUT2D eigenvalue weighted by atomic mass is 9.99. The summed E-state index contributed by atoms with van der Waals surface area (Å²) in [4.78, 5) is 6.05. The fraction of sp³-hybridized carbons (Fsp3) is 0.471. The van der Waals surface area contributed by atoms with E-state index in [4.69, 9.17) is 0 Å². The summed E-state index contributed by atoms with van der Waals surface area (Å²) in [5.74, 6) is 0.0328. The van der Waals surface area contributed by atoms with Crippen LogP contribution in [0.3, 0.4) is 0 Å². The maximum absolute atomic E-state index is 12.6. The van der Waals surface area contributed by atoms with Crippen molar-refractivity contribution in [3.8, 4) is 0 Å². The minimum atomic E-state index is -4.34. The third-order valence-corrected chi connectivity index (χ3v) is 4.32. The summed E-state index contributed by atoms with van der Waals surface area (Å²) in [6.45, 7) is 3.58. The van der Waals surface area contributed by atoms with Gasteiger partial charge in [-0.1, -0.05) is 36.4 Å². The Morgan fingerprint density at radius 2 is 2.00 bits per heavy atom. The summed E-state index contributed by atoms with van der Waals surface area (Å²) in [6.07, 6.45) is -1.57. The molecule has 1 aromatic carbocycles. The number of allylic oxidation sites excluding steroid dienone is 1. The van der Waals surface area contributed by atoms with Gasteiger partial charge in [-0.05, 0) is 11.6 Å². The molecule has 3 rings (SSSR count). The fourth-order valence-corrected chi connectivity index (χ4v) is 3.13. The van der Waals surface area contributed by atoms with E-state index in [1.807, 2.05) is 18.2 Å². The van der Waals surface area contributed by atoms with E-state index < -0.39 is 11.9 Å². The Bertz CT molecular complexity index is 580. The molecule has 0 aromatic heterocycles. The maximum atomic E-state index is 12.6. The van der Waals surface area contributed by atoms with Crippen LogP contribution in [-0.2, 0) is 0 Å². The van der Waals surface area contributed by atoms with E-state index in [1.165, 1.54) is 5.56 Å². The third kappa shape index (κ3) is 4.00. The molecule has 2 aliphatic rings. The van der Waals surface area contributed by atoms with Gasteiger partial charge in [-0.25, -0.2) is 0 Å². The second-order valence-corrected chi connectivity index (χ2v) is 5.97. The molecule has 0 saturated carbocycles. The second kappa shape index (κ2) is 6.84. The number of nitrogens with zero attached hydrogens (tertiary/aromatic N) is 2. The van der Waals surface area contributed by atoms with Gasteiger partial charge >= 0.3 is 6.18 Å². The molecule has 23 heavy (non-hydrogen) atoms. The minimum absolute atomic E-state index is 0.0328. The molecule has 1 fully saturated rings. The summed E-state index contributed by atoms with van der Waals surface area (Å²) in [6, 6.07) is 10.5. The number of nitrogens with one attached hydrogen (secondary N) is 1. The van der Waals surface area contributed by atoms with Crippen molar-refractivity contribution in [2.75, 3.05) is 32.7 Å². The van der Waals surface area contributed by atoms with E-state index in [-0.39, 0.29) is 18.5 Å². The molecule has 2 heterocycles. The number of piperazine rings is 1. The average molecular weight is 323 g/mol. The maximum Gasteiger partial charge on any atom is 0.432 e. The number of aliphatic imine (C=N–C) groups is 1. The van der Waals surface area contributed by atoms with Crippen LogP contribution >= 0.6 is 0 Å². The lowest BCUT2D eigenvalue weighted by Gasteiger charge is -2.38. The Morgan fingerprint density at radius 3 is 2.65 bits per heavy atom. The molecule has 124 valence electrons. The number of benzene rings is 1. The summed E-state index contributed by atoms with van der Waals surface area (Å²) < 4.78 is 37.8. The second-order valence-electron chi connectivity index (χ2n) is 5.97. The topological polar surface area (TPSA) is 27.6 Å². The van der Waals surface area contributed by atoms with E-state index in [2.05, 4.69) is 27.3 Å². The van der Waals surface area contributed by atoms with Gasteiger partial charge in [-0.3, -0.25) is 9.89 Å². The molecule has 6 heteroatoms. The van der Waals surface area contributed by atoms with E-state index in [0.717, 1.165) is 32.3 Å². The number of dihydropyridines is 1. The van der Waals surface area contributed by atoms with Crippen molar-refractivity contribution >= 4 is 5.71 Å². The van der Waals surface area contributed by atoms with Crippen molar-refractivity contribution in [1.82, 2.24) is 10.2 Å². The molecule has 2 atom stereocenters. The molecule has 0 amide bonds. The highest BCUT2D eigenvalue weighted by Crippen LogP contribution is 2.26. The monoisotopic (exact) mass is 323 g/mol. The predicted octanol–water partition coefficient (Wildman–Crippen LogP) is 2.82. The zero-order valence-corrected chi connectivity index (χ0v) is 12.8. The van der Waals surface area contributed by atoms with Crippen molar-refractivity contribution in [1.29, 1.82) is 0 Å². The Labute approximate surface area is 133 Å². The van der Waals surface area contributed by atoms with Gasteiger partial charge in [0.25, 0.3) is 0 Å². The van der Waals surface area contributed by atoms with E-state index in [0.29, 0.717) is 0 Å². The van der Waals surface area contributed by atoms with Crippen LogP contribution in [0.15, 0.2) is 47.5 Å². The Balaban J connectivity index is 1.65. The largest absolute Gasteiger partial charge is 0.432 e. The Morgan fingerprint density at radius 1 is 1.22 bits per heavy atom. The van der Waals surface area contributed by atoms with E-state index in [9.17, 15) is 13.2 Å². The van der Waals surface area contributed by atoms with Gasteiger partial charge in [0.1, 0.15) is 5.71 Å². The first-order valence-electron chi connectivity index (χ1n) is 7.83. The molecule has 0 bridgehead atoms. The lowest BCUT2D eigenvalue weighted by molar-refractivity contribution is -0.0581. The van der Waals surface area contributed by atoms with Crippen molar-refractivity contribution < 1.29 is 13.2 Å². The normalized spacial score (nSPS) is 26.1. The molecular formula is C17H20F3N3. The number of halogens is 3. The first-order chi connectivity index (χ1) is 11.0. The Hall–Kier alpha value is -1.66. The fourth-order valence-electron chi connectivity index (χ4n) is 3.13. The summed E-state index contributed by atoms with van der Waals surface area (Å²) in [5, 5.41) is 3.39.